The molecule has 1 aliphatic rings. The van der Waals surface area contributed by atoms with Crippen molar-refractivity contribution < 1.29 is 9.53 Å². The third-order valence-corrected chi connectivity index (χ3v) is 4.38. The van der Waals surface area contributed by atoms with Crippen molar-refractivity contribution in [3.8, 4) is 0 Å². The maximum Gasteiger partial charge on any atom is 0.410 e. The quantitative estimate of drug-likeness (QED) is 0.923. The molecule has 24 heavy (non-hydrogen) atoms. The molecule has 126 valence electrons. The van der Waals surface area contributed by atoms with Gasteiger partial charge in [0.25, 0.3) is 0 Å². The van der Waals surface area contributed by atoms with Gasteiger partial charge in [-0.1, -0.05) is 36.4 Å². The Hall–Kier alpha value is -2.56. The maximum absolute atomic E-state index is 12.6. The minimum atomic E-state index is -0.255. The highest BCUT2D eigenvalue weighted by molar-refractivity contribution is 5.69. The fraction of sp³-hybridized carbons (Fsp3) is 0.368. The van der Waals surface area contributed by atoms with Crippen molar-refractivity contribution in [2.45, 2.75) is 31.9 Å². The lowest BCUT2D eigenvalue weighted by atomic mass is 9.96. The molecule has 1 atom stereocenters. The summed E-state index contributed by atoms with van der Waals surface area (Å²) in [6.45, 7) is 1.02. The van der Waals surface area contributed by atoms with Crippen molar-refractivity contribution in [3.05, 3.63) is 59.8 Å². The molecule has 1 amide bonds. The highest BCUT2D eigenvalue weighted by Gasteiger charge is 2.30. The highest BCUT2D eigenvalue weighted by atomic mass is 16.6. The lowest BCUT2D eigenvalue weighted by Gasteiger charge is -2.35. The van der Waals surface area contributed by atoms with Crippen molar-refractivity contribution in [1.82, 2.24) is 9.88 Å². The van der Waals surface area contributed by atoms with Crippen molar-refractivity contribution in [2.24, 2.45) is 0 Å². The van der Waals surface area contributed by atoms with Crippen molar-refractivity contribution >= 4 is 11.9 Å². The number of amides is 1. The van der Waals surface area contributed by atoms with E-state index in [4.69, 9.17) is 4.74 Å². The van der Waals surface area contributed by atoms with E-state index in [2.05, 4.69) is 10.3 Å². The van der Waals surface area contributed by atoms with Crippen LogP contribution in [0.5, 0.6) is 0 Å². The van der Waals surface area contributed by atoms with Gasteiger partial charge >= 0.3 is 6.09 Å². The van der Waals surface area contributed by atoms with E-state index in [0.717, 1.165) is 42.8 Å². The summed E-state index contributed by atoms with van der Waals surface area (Å²) < 4.78 is 5.54. The molecule has 1 fully saturated rings. The number of nitrogens with one attached hydrogen (secondary N) is 1. The van der Waals surface area contributed by atoms with Gasteiger partial charge in [-0.3, -0.25) is 0 Å². The number of ether oxygens (including phenoxy) is 1. The zero-order chi connectivity index (χ0) is 16.8. The number of carbonyl (C=O) groups is 1. The Morgan fingerprint density at radius 1 is 1.25 bits per heavy atom. The zero-order valence-corrected chi connectivity index (χ0v) is 13.9. The highest BCUT2D eigenvalue weighted by Crippen LogP contribution is 2.34. The number of nitrogens with zero attached hydrogens (tertiary/aromatic N) is 2. The summed E-state index contributed by atoms with van der Waals surface area (Å²) in [5.74, 6) is 0.824. The SMILES string of the molecule is CNc1ncccc1[C@H]1CCCCN1C(=O)OCc1ccccc1. The van der Waals surface area contributed by atoms with Crippen LogP contribution in [-0.4, -0.2) is 29.6 Å². The van der Waals surface area contributed by atoms with Crippen molar-refractivity contribution in [2.75, 3.05) is 18.9 Å². The van der Waals surface area contributed by atoms with Gasteiger partial charge in [-0.2, -0.15) is 0 Å². The summed E-state index contributed by atoms with van der Waals surface area (Å²) in [6.07, 6.45) is 4.54. The minimum absolute atomic E-state index is 0.0122. The van der Waals surface area contributed by atoms with Gasteiger partial charge in [0.2, 0.25) is 0 Å². The Kier molecular flexibility index (Phi) is 5.31. The van der Waals surface area contributed by atoms with Crippen LogP contribution in [0.1, 0.15) is 36.4 Å². The largest absolute Gasteiger partial charge is 0.445 e. The lowest BCUT2D eigenvalue weighted by molar-refractivity contribution is 0.0680. The van der Waals surface area contributed by atoms with Crippen LogP contribution >= 0.6 is 0 Å². The molecule has 0 spiro atoms. The Morgan fingerprint density at radius 3 is 2.88 bits per heavy atom. The van der Waals surface area contributed by atoms with E-state index in [1.54, 1.807) is 6.20 Å². The predicted molar refractivity (Wildman–Crippen MR) is 93.7 cm³/mol. The van der Waals surface area contributed by atoms with Crippen LogP contribution < -0.4 is 5.32 Å². The molecule has 3 rings (SSSR count). The van der Waals surface area contributed by atoms with E-state index in [9.17, 15) is 4.79 Å². The van der Waals surface area contributed by atoms with E-state index in [-0.39, 0.29) is 12.1 Å². The van der Waals surface area contributed by atoms with Gasteiger partial charge < -0.3 is 15.0 Å². The number of carbonyl (C=O) groups excluding carboxylic acids is 1. The number of benzene rings is 1. The van der Waals surface area contributed by atoms with Gasteiger partial charge in [0.15, 0.2) is 0 Å². The van der Waals surface area contributed by atoms with E-state index >= 15 is 0 Å². The van der Waals surface area contributed by atoms with Gasteiger partial charge in [0, 0.05) is 25.4 Å². The molecular weight excluding hydrogens is 302 g/mol. The number of piperidine rings is 1. The topological polar surface area (TPSA) is 54.5 Å². The molecule has 1 saturated heterocycles. The number of anilines is 1. The predicted octanol–water partition coefficient (Wildman–Crippen LogP) is 3.99. The van der Waals surface area contributed by atoms with Crippen LogP contribution in [0, 0.1) is 0 Å². The summed E-state index contributed by atoms with van der Waals surface area (Å²) in [5.41, 5.74) is 2.05. The van der Waals surface area contributed by atoms with Crippen molar-refractivity contribution in [1.29, 1.82) is 0 Å². The minimum Gasteiger partial charge on any atom is -0.445 e. The summed E-state index contributed by atoms with van der Waals surface area (Å²) in [6, 6.07) is 13.7. The van der Waals surface area contributed by atoms with Gasteiger partial charge in [-0.05, 0) is 30.9 Å². The average Bonchev–Trinajstić information content (AvgIpc) is 2.67. The van der Waals surface area contributed by atoms with E-state index < -0.39 is 0 Å². The van der Waals surface area contributed by atoms with Crippen LogP contribution in [0.15, 0.2) is 48.7 Å². The lowest BCUT2D eigenvalue weighted by Crippen LogP contribution is -2.39. The third-order valence-electron chi connectivity index (χ3n) is 4.38. The number of hydrogen-bond acceptors (Lipinski definition) is 4. The number of likely N-dealkylation sites (tertiary alicyclic amines) is 1. The van der Waals surface area contributed by atoms with E-state index in [1.807, 2.05) is 54.4 Å². The Labute approximate surface area is 142 Å². The molecule has 0 radical (unpaired) electrons. The summed E-state index contributed by atoms with van der Waals surface area (Å²) in [4.78, 5) is 18.8. The zero-order valence-electron chi connectivity index (χ0n) is 13.9. The van der Waals surface area contributed by atoms with Gasteiger partial charge in [0.05, 0.1) is 6.04 Å². The Morgan fingerprint density at radius 2 is 2.08 bits per heavy atom. The Balaban J connectivity index is 1.73. The molecular formula is C19H23N3O2. The third kappa shape index (κ3) is 3.67. The molecule has 1 aromatic carbocycles. The molecule has 5 heteroatoms. The molecule has 5 nitrogen and oxygen atoms in total. The van der Waals surface area contributed by atoms with Crippen LogP contribution in [0.4, 0.5) is 10.6 Å². The normalized spacial score (nSPS) is 17.4. The van der Waals surface area contributed by atoms with Crippen LogP contribution in [0.3, 0.4) is 0 Å². The van der Waals surface area contributed by atoms with Crippen molar-refractivity contribution in [3.63, 3.8) is 0 Å². The molecule has 0 bridgehead atoms. The standard InChI is InChI=1S/C19H23N3O2/c1-20-18-16(10-7-12-21-18)17-11-5-6-13-22(17)19(23)24-14-15-8-3-2-4-9-15/h2-4,7-10,12,17H,5-6,11,13-14H2,1H3,(H,20,21)/t17-/m1/s1. The molecule has 1 aromatic heterocycles. The summed E-state index contributed by atoms with van der Waals surface area (Å²) >= 11 is 0. The fourth-order valence-corrected chi connectivity index (χ4v) is 3.17. The second-order valence-electron chi connectivity index (χ2n) is 5.94. The first-order chi connectivity index (χ1) is 11.8. The second kappa shape index (κ2) is 7.81. The second-order valence-corrected chi connectivity index (χ2v) is 5.94. The molecule has 0 saturated carbocycles. The molecule has 0 unspecified atom stereocenters. The van der Waals surface area contributed by atoms with Crippen LogP contribution in [0.25, 0.3) is 0 Å². The van der Waals surface area contributed by atoms with Gasteiger partial charge in [-0.15, -0.1) is 0 Å². The smallest absolute Gasteiger partial charge is 0.410 e. The first-order valence-corrected chi connectivity index (χ1v) is 8.39. The van der Waals surface area contributed by atoms with E-state index in [1.165, 1.54) is 0 Å². The molecule has 0 aliphatic carbocycles. The maximum atomic E-state index is 12.6. The summed E-state index contributed by atoms with van der Waals surface area (Å²) in [7, 11) is 1.85. The number of hydrogen-bond donors (Lipinski definition) is 1. The summed E-state index contributed by atoms with van der Waals surface area (Å²) in [5, 5.41) is 3.12. The average molecular weight is 325 g/mol. The number of rotatable bonds is 4. The van der Waals surface area contributed by atoms with Crippen LogP contribution in [0.2, 0.25) is 0 Å². The molecule has 1 aliphatic heterocycles. The molecule has 1 N–H and O–H groups in total. The monoisotopic (exact) mass is 325 g/mol. The van der Waals surface area contributed by atoms with E-state index in [0.29, 0.717) is 6.61 Å². The number of aromatic nitrogens is 1. The first-order valence-electron chi connectivity index (χ1n) is 8.39. The van der Waals surface area contributed by atoms with Gasteiger partial charge in [-0.25, -0.2) is 9.78 Å². The molecule has 2 heterocycles. The fourth-order valence-electron chi connectivity index (χ4n) is 3.17. The first kappa shape index (κ1) is 16.3. The van der Waals surface area contributed by atoms with Crippen LogP contribution in [-0.2, 0) is 11.3 Å². The number of pyridine rings is 1. The van der Waals surface area contributed by atoms with Gasteiger partial charge in [0.1, 0.15) is 12.4 Å². The molecule has 2 aromatic rings. The Bertz CT molecular complexity index is 675.